The smallest absolute Gasteiger partial charge is 0.256 e. The molecule has 1 fully saturated rings. The van der Waals surface area contributed by atoms with Crippen molar-refractivity contribution in [2.24, 2.45) is 4.99 Å². The molecule has 186 valence electrons. The van der Waals surface area contributed by atoms with Crippen LogP contribution in [0.2, 0.25) is 0 Å². The zero-order valence-corrected chi connectivity index (χ0v) is 20.3. The van der Waals surface area contributed by atoms with E-state index in [0.717, 1.165) is 30.0 Å². The Kier molecular flexibility index (Phi) is 6.22. The predicted molar refractivity (Wildman–Crippen MR) is 137 cm³/mol. The van der Waals surface area contributed by atoms with Crippen molar-refractivity contribution in [2.75, 3.05) is 25.6 Å². The van der Waals surface area contributed by atoms with Crippen molar-refractivity contribution in [1.82, 2.24) is 9.88 Å². The van der Waals surface area contributed by atoms with Crippen LogP contribution < -0.4 is 14.8 Å². The van der Waals surface area contributed by atoms with E-state index in [4.69, 9.17) is 9.47 Å². The fourth-order valence-electron chi connectivity index (χ4n) is 4.84. The number of hydrogen-bond donors (Lipinski definition) is 2. The van der Waals surface area contributed by atoms with Gasteiger partial charge in [0.1, 0.15) is 0 Å². The van der Waals surface area contributed by atoms with Gasteiger partial charge in [-0.25, -0.2) is 0 Å². The zero-order chi connectivity index (χ0) is 25.3. The molecule has 5 rings (SSSR count). The Morgan fingerprint density at radius 1 is 1.25 bits per heavy atom. The number of carbonyl (C=O) groups excluding carboxylic acids is 3. The van der Waals surface area contributed by atoms with Crippen molar-refractivity contribution < 1.29 is 23.9 Å². The van der Waals surface area contributed by atoms with Crippen LogP contribution in [0, 0.1) is 0 Å². The lowest BCUT2D eigenvalue weighted by Crippen LogP contribution is -2.45. The average molecular weight is 489 g/mol. The molecule has 2 amide bonds. The van der Waals surface area contributed by atoms with Crippen LogP contribution in [0.15, 0.2) is 41.4 Å². The second-order valence-corrected chi connectivity index (χ2v) is 9.34. The summed E-state index contributed by atoms with van der Waals surface area (Å²) in [4.78, 5) is 46.0. The molecule has 9 nitrogen and oxygen atoms in total. The van der Waals surface area contributed by atoms with E-state index in [0.29, 0.717) is 53.7 Å². The van der Waals surface area contributed by atoms with Crippen molar-refractivity contribution in [1.29, 1.82) is 0 Å². The number of H-pyrrole nitrogens is 1. The number of hydrogen-bond acceptors (Lipinski definition) is 6. The highest BCUT2D eigenvalue weighted by atomic mass is 16.5. The van der Waals surface area contributed by atoms with Crippen molar-refractivity contribution in [3.05, 3.63) is 47.7 Å². The number of methoxy groups -OCH3 is 1. The van der Waals surface area contributed by atoms with E-state index in [1.807, 2.05) is 30.2 Å². The molecule has 36 heavy (non-hydrogen) atoms. The van der Waals surface area contributed by atoms with Gasteiger partial charge in [0.05, 0.1) is 36.2 Å². The minimum Gasteiger partial charge on any atom is -0.493 e. The molecular formula is C27H28N4O5. The molecule has 3 heterocycles. The number of carbonyl (C=O) groups is 3. The first-order chi connectivity index (χ1) is 17.4. The van der Waals surface area contributed by atoms with E-state index >= 15 is 0 Å². The molecule has 0 unspecified atom stereocenters. The fourth-order valence-corrected chi connectivity index (χ4v) is 4.84. The molecule has 0 saturated carbocycles. The van der Waals surface area contributed by atoms with Gasteiger partial charge in [-0.05, 0) is 56.5 Å². The molecule has 1 atom stereocenters. The molecule has 0 spiro atoms. The number of benzene rings is 2. The van der Waals surface area contributed by atoms with E-state index in [2.05, 4.69) is 15.3 Å². The molecule has 9 heteroatoms. The third-order valence-corrected chi connectivity index (χ3v) is 6.78. The van der Waals surface area contributed by atoms with Crippen molar-refractivity contribution in [2.45, 2.75) is 38.1 Å². The van der Waals surface area contributed by atoms with Gasteiger partial charge >= 0.3 is 0 Å². The highest BCUT2D eigenvalue weighted by Gasteiger charge is 2.41. The van der Waals surface area contributed by atoms with Gasteiger partial charge in [0.25, 0.3) is 5.91 Å². The predicted octanol–water partition coefficient (Wildman–Crippen LogP) is 4.50. The first kappa shape index (κ1) is 23.6. The molecule has 0 bridgehead atoms. The average Bonchev–Trinajstić information content (AvgIpc) is 3.45. The van der Waals surface area contributed by atoms with Crippen LogP contribution in [0.4, 0.5) is 11.4 Å². The van der Waals surface area contributed by atoms with E-state index < -0.39 is 0 Å². The monoisotopic (exact) mass is 488 g/mol. The van der Waals surface area contributed by atoms with Gasteiger partial charge in [0, 0.05) is 41.8 Å². The number of ether oxygens (including phenoxy) is 2. The number of fused-ring (bicyclic) bond motifs is 3. The van der Waals surface area contributed by atoms with E-state index in [1.54, 1.807) is 24.3 Å². The minimum atomic E-state index is -0.375. The third kappa shape index (κ3) is 4.44. The molecule has 0 radical (unpaired) electrons. The van der Waals surface area contributed by atoms with E-state index in [9.17, 15) is 14.4 Å². The quantitative estimate of drug-likeness (QED) is 0.358. The van der Waals surface area contributed by atoms with Crippen LogP contribution in [-0.2, 0) is 4.79 Å². The fraction of sp³-hybridized carbons (Fsp3) is 0.333. The topological polar surface area (TPSA) is 113 Å². The van der Waals surface area contributed by atoms with Gasteiger partial charge in [-0.2, -0.15) is 0 Å². The molecular weight excluding hydrogens is 460 g/mol. The molecule has 2 N–H and O–H groups in total. The van der Waals surface area contributed by atoms with Gasteiger partial charge in [-0.1, -0.05) is 0 Å². The number of amides is 2. The molecule has 3 aromatic rings. The lowest BCUT2D eigenvalue weighted by molar-refractivity contribution is -0.116. The summed E-state index contributed by atoms with van der Waals surface area (Å²) < 4.78 is 11.4. The molecule has 1 aromatic heterocycles. The molecule has 2 aliphatic rings. The van der Waals surface area contributed by atoms with Gasteiger partial charge in [-0.3, -0.25) is 19.4 Å². The Labute approximate surface area is 208 Å². The van der Waals surface area contributed by atoms with Crippen LogP contribution in [0.1, 0.15) is 53.5 Å². The summed E-state index contributed by atoms with van der Waals surface area (Å²) >= 11 is 0. The zero-order valence-electron chi connectivity index (χ0n) is 20.3. The molecule has 1 saturated heterocycles. The SMILES string of the molecule is COc1cc2c(cc1OCCCC(=O)Nc1ccc3[nH]c(C=O)cc3c1)N=C[C@]1(C)CCCN1C2=O. The van der Waals surface area contributed by atoms with Gasteiger partial charge < -0.3 is 24.7 Å². The number of nitrogens with one attached hydrogen (secondary N) is 2. The van der Waals surface area contributed by atoms with Gasteiger partial charge in [0.15, 0.2) is 17.8 Å². The molecule has 2 aromatic carbocycles. The van der Waals surface area contributed by atoms with Crippen LogP contribution in [0.3, 0.4) is 0 Å². The molecule has 2 aliphatic heterocycles. The largest absolute Gasteiger partial charge is 0.493 e. The van der Waals surface area contributed by atoms with Crippen LogP contribution in [-0.4, -0.2) is 60.0 Å². The van der Waals surface area contributed by atoms with Gasteiger partial charge in [0.2, 0.25) is 5.91 Å². The Morgan fingerprint density at radius 2 is 2.11 bits per heavy atom. The Bertz CT molecular complexity index is 1380. The first-order valence-corrected chi connectivity index (χ1v) is 12.0. The van der Waals surface area contributed by atoms with Crippen LogP contribution in [0.5, 0.6) is 11.5 Å². The Morgan fingerprint density at radius 3 is 2.92 bits per heavy atom. The number of aliphatic imine (C=N–C) groups is 1. The lowest BCUT2D eigenvalue weighted by Gasteiger charge is -2.30. The number of aromatic amines is 1. The summed E-state index contributed by atoms with van der Waals surface area (Å²) in [6.45, 7) is 3.04. The second kappa shape index (κ2) is 9.49. The third-order valence-electron chi connectivity index (χ3n) is 6.78. The van der Waals surface area contributed by atoms with Crippen LogP contribution in [0.25, 0.3) is 10.9 Å². The summed E-state index contributed by atoms with van der Waals surface area (Å²) in [5.41, 5.74) is 2.67. The summed E-state index contributed by atoms with van der Waals surface area (Å²) in [7, 11) is 1.53. The maximum absolute atomic E-state index is 13.2. The van der Waals surface area contributed by atoms with E-state index in [-0.39, 0.29) is 23.8 Å². The lowest BCUT2D eigenvalue weighted by atomic mass is 10.0. The Balaban J connectivity index is 1.20. The summed E-state index contributed by atoms with van der Waals surface area (Å²) in [5, 5.41) is 3.73. The molecule has 0 aliphatic carbocycles. The number of anilines is 1. The highest BCUT2D eigenvalue weighted by Crippen LogP contribution is 2.40. The van der Waals surface area contributed by atoms with Crippen molar-refractivity contribution in [3.8, 4) is 11.5 Å². The number of aromatic nitrogens is 1. The minimum absolute atomic E-state index is 0.0516. The number of aldehydes is 1. The van der Waals surface area contributed by atoms with Gasteiger partial charge in [-0.15, -0.1) is 0 Å². The summed E-state index contributed by atoms with van der Waals surface area (Å²) in [5.74, 6) is 0.753. The standard InChI is InChI=1S/C27H28N4O5/c1-27-8-4-9-31(27)26(34)20-13-23(35-2)24(14-22(20)28-16-27)36-10-3-5-25(33)30-18-6-7-21-17(11-18)12-19(15-32)29-21/h6-7,11-16,29H,3-5,8-10H2,1-2H3,(H,30,33)/t27-/m0/s1. The first-order valence-electron chi connectivity index (χ1n) is 12.0. The van der Waals surface area contributed by atoms with Crippen LogP contribution >= 0.6 is 0 Å². The normalized spacial score (nSPS) is 18.5. The second-order valence-electron chi connectivity index (χ2n) is 9.34. The summed E-state index contributed by atoms with van der Waals surface area (Å²) in [6.07, 6.45) is 5.21. The Hall–Kier alpha value is -4.14. The number of nitrogens with zero attached hydrogens (tertiary/aromatic N) is 2. The van der Waals surface area contributed by atoms with Crippen molar-refractivity contribution >= 4 is 46.6 Å². The van der Waals surface area contributed by atoms with E-state index in [1.165, 1.54) is 7.11 Å². The highest BCUT2D eigenvalue weighted by molar-refractivity contribution is 6.04. The summed E-state index contributed by atoms with van der Waals surface area (Å²) in [6, 6.07) is 10.6. The maximum atomic E-state index is 13.2. The maximum Gasteiger partial charge on any atom is 0.256 e. The van der Waals surface area contributed by atoms with Crippen molar-refractivity contribution in [3.63, 3.8) is 0 Å². The number of rotatable bonds is 8.